The zero-order chi connectivity index (χ0) is 13.8. The predicted octanol–water partition coefficient (Wildman–Crippen LogP) is 4.58. The molecular weight excluding hydrogens is 246 g/mol. The Morgan fingerprint density at radius 2 is 1.75 bits per heavy atom. The summed E-state index contributed by atoms with van der Waals surface area (Å²) in [6.07, 6.45) is 6.56. The second-order valence-electron chi connectivity index (χ2n) is 5.58. The smallest absolute Gasteiger partial charge is 0.227 e. The summed E-state index contributed by atoms with van der Waals surface area (Å²) in [5.74, 6) is 1.33. The van der Waals surface area contributed by atoms with Crippen molar-refractivity contribution in [3.63, 3.8) is 0 Å². The SMILES string of the molecule is Cc1cc(C2CCCCC2)nc(Nc2ccccc2)n1. The van der Waals surface area contributed by atoms with Gasteiger partial charge in [-0.1, -0.05) is 37.5 Å². The number of hydrogen-bond acceptors (Lipinski definition) is 3. The van der Waals surface area contributed by atoms with Gasteiger partial charge in [0.25, 0.3) is 0 Å². The number of rotatable bonds is 3. The average molecular weight is 267 g/mol. The van der Waals surface area contributed by atoms with Crippen LogP contribution in [0.5, 0.6) is 0 Å². The van der Waals surface area contributed by atoms with Gasteiger partial charge in [-0.25, -0.2) is 9.97 Å². The van der Waals surface area contributed by atoms with E-state index in [0.29, 0.717) is 5.92 Å². The van der Waals surface area contributed by atoms with Gasteiger partial charge < -0.3 is 5.32 Å². The van der Waals surface area contributed by atoms with Gasteiger partial charge in [-0.3, -0.25) is 0 Å². The molecule has 1 saturated carbocycles. The molecule has 1 aliphatic rings. The second kappa shape index (κ2) is 6.04. The van der Waals surface area contributed by atoms with Gasteiger partial charge in [-0.15, -0.1) is 0 Å². The largest absolute Gasteiger partial charge is 0.324 e. The van der Waals surface area contributed by atoms with E-state index in [-0.39, 0.29) is 0 Å². The van der Waals surface area contributed by atoms with Crippen molar-refractivity contribution in [1.82, 2.24) is 9.97 Å². The molecule has 20 heavy (non-hydrogen) atoms. The van der Waals surface area contributed by atoms with Crippen LogP contribution < -0.4 is 5.32 Å². The highest BCUT2D eigenvalue weighted by atomic mass is 15.1. The molecule has 3 rings (SSSR count). The maximum Gasteiger partial charge on any atom is 0.227 e. The van der Waals surface area contributed by atoms with Gasteiger partial charge >= 0.3 is 0 Å². The number of hydrogen-bond donors (Lipinski definition) is 1. The van der Waals surface area contributed by atoms with Crippen LogP contribution in [0, 0.1) is 6.92 Å². The molecule has 3 nitrogen and oxygen atoms in total. The number of aryl methyl sites for hydroxylation is 1. The fourth-order valence-corrected chi connectivity index (χ4v) is 2.91. The van der Waals surface area contributed by atoms with Crippen molar-refractivity contribution in [2.24, 2.45) is 0 Å². The highest BCUT2D eigenvalue weighted by molar-refractivity contribution is 5.52. The summed E-state index contributed by atoms with van der Waals surface area (Å²) in [6, 6.07) is 12.3. The number of nitrogens with one attached hydrogen (secondary N) is 1. The minimum atomic E-state index is 0.613. The van der Waals surface area contributed by atoms with E-state index in [9.17, 15) is 0 Å². The fraction of sp³-hybridized carbons (Fsp3) is 0.412. The number of anilines is 2. The first-order chi connectivity index (χ1) is 9.81. The molecule has 0 saturated heterocycles. The van der Waals surface area contributed by atoms with Crippen LogP contribution in [0.4, 0.5) is 11.6 Å². The first kappa shape index (κ1) is 13.1. The molecule has 1 N–H and O–H groups in total. The van der Waals surface area contributed by atoms with Crippen LogP contribution in [0.2, 0.25) is 0 Å². The molecule has 0 aliphatic heterocycles. The zero-order valence-corrected chi connectivity index (χ0v) is 12.0. The minimum Gasteiger partial charge on any atom is -0.324 e. The highest BCUT2D eigenvalue weighted by Crippen LogP contribution is 2.32. The summed E-state index contributed by atoms with van der Waals surface area (Å²) in [5.41, 5.74) is 3.28. The lowest BCUT2D eigenvalue weighted by atomic mass is 9.87. The van der Waals surface area contributed by atoms with Crippen molar-refractivity contribution >= 4 is 11.6 Å². The van der Waals surface area contributed by atoms with Crippen molar-refractivity contribution in [1.29, 1.82) is 0 Å². The molecule has 0 radical (unpaired) electrons. The van der Waals surface area contributed by atoms with E-state index in [4.69, 9.17) is 4.98 Å². The van der Waals surface area contributed by atoms with E-state index in [1.807, 2.05) is 37.3 Å². The van der Waals surface area contributed by atoms with Crippen molar-refractivity contribution in [3.05, 3.63) is 47.8 Å². The van der Waals surface area contributed by atoms with Crippen LogP contribution in [-0.2, 0) is 0 Å². The van der Waals surface area contributed by atoms with Crippen LogP contribution in [0.25, 0.3) is 0 Å². The van der Waals surface area contributed by atoms with Crippen LogP contribution in [0.3, 0.4) is 0 Å². The Morgan fingerprint density at radius 3 is 2.50 bits per heavy atom. The van der Waals surface area contributed by atoms with Gasteiger partial charge in [0, 0.05) is 23.0 Å². The van der Waals surface area contributed by atoms with Gasteiger partial charge in [0.2, 0.25) is 5.95 Å². The van der Waals surface area contributed by atoms with E-state index in [1.54, 1.807) is 0 Å². The molecule has 0 bridgehead atoms. The number of nitrogens with zero attached hydrogens (tertiary/aromatic N) is 2. The van der Waals surface area contributed by atoms with E-state index in [0.717, 1.165) is 17.3 Å². The van der Waals surface area contributed by atoms with Crippen LogP contribution in [0.15, 0.2) is 36.4 Å². The number of aromatic nitrogens is 2. The predicted molar refractivity (Wildman–Crippen MR) is 82.3 cm³/mol. The first-order valence-electron chi connectivity index (χ1n) is 7.49. The normalized spacial score (nSPS) is 16.1. The second-order valence-corrected chi connectivity index (χ2v) is 5.58. The Hall–Kier alpha value is -1.90. The fourth-order valence-electron chi connectivity index (χ4n) is 2.91. The maximum atomic E-state index is 4.73. The number of benzene rings is 1. The van der Waals surface area contributed by atoms with Crippen LogP contribution in [0.1, 0.15) is 49.4 Å². The van der Waals surface area contributed by atoms with Gasteiger partial charge in [0.05, 0.1) is 0 Å². The zero-order valence-electron chi connectivity index (χ0n) is 12.0. The first-order valence-corrected chi connectivity index (χ1v) is 7.49. The molecule has 0 unspecified atom stereocenters. The molecular formula is C17H21N3. The number of para-hydroxylation sites is 1. The summed E-state index contributed by atoms with van der Waals surface area (Å²) >= 11 is 0. The van der Waals surface area contributed by atoms with E-state index in [1.165, 1.54) is 37.8 Å². The van der Waals surface area contributed by atoms with Gasteiger partial charge in [0.1, 0.15) is 0 Å². The van der Waals surface area contributed by atoms with E-state index < -0.39 is 0 Å². The molecule has 1 fully saturated rings. The third kappa shape index (κ3) is 3.16. The van der Waals surface area contributed by atoms with Crippen molar-refractivity contribution in [2.75, 3.05) is 5.32 Å². The molecule has 0 spiro atoms. The summed E-state index contributed by atoms with van der Waals surface area (Å²) in [6.45, 7) is 2.05. The van der Waals surface area contributed by atoms with Crippen molar-refractivity contribution in [3.8, 4) is 0 Å². The van der Waals surface area contributed by atoms with Gasteiger partial charge in [-0.05, 0) is 38.0 Å². The van der Waals surface area contributed by atoms with E-state index >= 15 is 0 Å². The molecule has 0 atom stereocenters. The minimum absolute atomic E-state index is 0.613. The maximum absolute atomic E-state index is 4.73. The van der Waals surface area contributed by atoms with E-state index in [2.05, 4.69) is 16.4 Å². The topological polar surface area (TPSA) is 37.8 Å². The summed E-state index contributed by atoms with van der Waals surface area (Å²) in [4.78, 5) is 9.23. The molecule has 0 amide bonds. The van der Waals surface area contributed by atoms with Crippen LogP contribution in [-0.4, -0.2) is 9.97 Å². The average Bonchev–Trinajstić information content (AvgIpc) is 2.49. The molecule has 2 aromatic rings. The summed E-state index contributed by atoms with van der Waals surface area (Å²) in [7, 11) is 0. The van der Waals surface area contributed by atoms with Crippen molar-refractivity contribution in [2.45, 2.75) is 44.9 Å². The highest BCUT2D eigenvalue weighted by Gasteiger charge is 2.18. The molecule has 1 aromatic carbocycles. The lowest BCUT2D eigenvalue weighted by Crippen LogP contribution is -2.09. The molecule has 3 heteroatoms. The van der Waals surface area contributed by atoms with Crippen LogP contribution >= 0.6 is 0 Å². The lowest BCUT2D eigenvalue weighted by Gasteiger charge is -2.21. The summed E-state index contributed by atoms with van der Waals surface area (Å²) in [5, 5.41) is 3.30. The standard InChI is InChI=1S/C17H21N3/c1-13-12-16(14-8-4-2-5-9-14)20-17(18-13)19-15-10-6-3-7-11-15/h3,6-7,10-12,14H,2,4-5,8-9H2,1H3,(H,18,19,20). The Labute approximate surface area is 120 Å². The van der Waals surface area contributed by atoms with Gasteiger partial charge in [-0.2, -0.15) is 0 Å². The molecule has 1 aromatic heterocycles. The summed E-state index contributed by atoms with van der Waals surface area (Å²) < 4.78 is 0. The molecule has 1 aliphatic carbocycles. The van der Waals surface area contributed by atoms with Crippen molar-refractivity contribution < 1.29 is 0 Å². The Morgan fingerprint density at radius 1 is 1.00 bits per heavy atom. The Kier molecular flexibility index (Phi) is 3.95. The molecule has 1 heterocycles. The Balaban J connectivity index is 1.82. The molecule has 104 valence electrons. The third-order valence-corrected chi connectivity index (χ3v) is 3.93. The quantitative estimate of drug-likeness (QED) is 0.884. The lowest BCUT2D eigenvalue weighted by molar-refractivity contribution is 0.436. The van der Waals surface area contributed by atoms with Gasteiger partial charge in [0.15, 0.2) is 0 Å². The monoisotopic (exact) mass is 267 g/mol. The third-order valence-electron chi connectivity index (χ3n) is 3.93. The Bertz CT molecular complexity index is 560.